The minimum absolute atomic E-state index is 0.0271. The fraction of sp³-hybridized carbons (Fsp3) is 0.167. The normalized spacial score (nSPS) is 10.9. The smallest absolute Gasteiger partial charge is 0.206 e. The van der Waals surface area contributed by atoms with Gasteiger partial charge in [0, 0.05) is 30.9 Å². The first-order chi connectivity index (χ1) is 7.95. The number of allylic oxidation sites excluding steroid dienone is 1. The zero-order valence-electron chi connectivity index (χ0n) is 9.37. The van der Waals surface area contributed by atoms with E-state index in [0.717, 1.165) is 0 Å². The van der Waals surface area contributed by atoms with E-state index in [1.165, 1.54) is 18.3 Å². The molecule has 0 heterocycles. The third kappa shape index (κ3) is 3.48. The molecule has 17 heavy (non-hydrogen) atoms. The van der Waals surface area contributed by atoms with E-state index in [1.54, 1.807) is 25.1 Å². The van der Waals surface area contributed by atoms with Gasteiger partial charge in [-0.1, -0.05) is 23.2 Å². The first-order valence-electron chi connectivity index (χ1n) is 4.74. The summed E-state index contributed by atoms with van der Waals surface area (Å²) >= 11 is 11.6. The molecule has 1 aromatic carbocycles. The van der Waals surface area contributed by atoms with Gasteiger partial charge in [-0.15, -0.1) is 0 Å². The minimum Gasteiger partial charge on any atom is -0.382 e. The van der Waals surface area contributed by atoms with Gasteiger partial charge in [-0.3, -0.25) is 4.79 Å². The first-order valence-corrected chi connectivity index (χ1v) is 5.49. The maximum absolute atomic E-state index is 12.0. The number of halogens is 2. The third-order valence-corrected chi connectivity index (χ3v) is 2.48. The van der Waals surface area contributed by atoms with Gasteiger partial charge in [0.05, 0.1) is 5.02 Å². The van der Waals surface area contributed by atoms with Crippen LogP contribution in [0, 0.1) is 11.3 Å². The van der Waals surface area contributed by atoms with Crippen LogP contribution in [0.3, 0.4) is 0 Å². The number of benzene rings is 1. The Kier molecular flexibility index (Phi) is 4.56. The van der Waals surface area contributed by atoms with Crippen LogP contribution in [0.4, 0.5) is 0 Å². The highest BCUT2D eigenvalue weighted by Crippen LogP contribution is 2.23. The van der Waals surface area contributed by atoms with Crippen molar-refractivity contribution in [3.8, 4) is 6.07 Å². The Hall–Kier alpha value is -1.50. The van der Waals surface area contributed by atoms with Gasteiger partial charge >= 0.3 is 0 Å². The molecule has 88 valence electrons. The average molecular weight is 269 g/mol. The summed E-state index contributed by atoms with van der Waals surface area (Å²) in [5.41, 5.74) is 0.296. The van der Waals surface area contributed by atoms with Gasteiger partial charge in [-0.05, 0) is 18.2 Å². The number of carbonyl (C=O) groups excluding carboxylic acids is 1. The Bertz CT molecular complexity index is 516. The Balaban J connectivity index is 3.17. The highest BCUT2D eigenvalue weighted by Gasteiger charge is 2.15. The maximum Gasteiger partial charge on any atom is 0.206 e. The van der Waals surface area contributed by atoms with Crippen LogP contribution >= 0.6 is 23.2 Å². The van der Waals surface area contributed by atoms with Crippen LogP contribution in [-0.4, -0.2) is 24.8 Å². The summed E-state index contributed by atoms with van der Waals surface area (Å²) in [7, 11) is 3.46. The molecule has 0 bridgehead atoms. The lowest BCUT2D eigenvalue weighted by Crippen LogP contribution is -2.09. The molecule has 0 fully saturated rings. The molecule has 0 unspecified atom stereocenters. The second-order valence-corrected chi connectivity index (χ2v) is 4.42. The summed E-state index contributed by atoms with van der Waals surface area (Å²) in [6.07, 6.45) is 1.45. The molecule has 0 radical (unpaired) electrons. The zero-order chi connectivity index (χ0) is 13.0. The van der Waals surface area contributed by atoms with E-state index in [2.05, 4.69) is 0 Å². The summed E-state index contributed by atoms with van der Waals surface area (Å²) in [4.78, 5) is 13.6. The maximum atomic E-state index is 12.0. The molecule has 0 aliphatic carbocycles. The van der Waals surface area contributed by atoms with Gasteiger partial charge in [0.1, 0.15) is 11.6 Å². The van der Waals surface area contributed by atoms with Crippen molar-refractivity contribution in [1.29, 1.82) is 5.26 Å². The lowest BCUT2D eigenvalue weighted by atomic mass is 10.1. The molecule has 0 saturated heterocycles. The summed E-state index contributed by atoms with van der Waals surface area (Å²) in [6, 6.07) is 6.39. The molecule has 0 N–H and O–H groups in total. The average Bonchev–Trinajstić information content (AvgIpc) is 2.24. The van der Waals surface area contributed by atoms with E-state index in [9.17, 15) is 4.79 Å². The number of Topliss-reactive ketones (excluding diaryl/α,β-unsaturated/α-hetero) is 1. The number of hydrogen-bond acceptors (Lipinski definition) is 3. The molecular formula is C12H10Cl2N2O. The SMILES string of the molecule is CN(C)C=C(C#N)C(=O)c1ccc(Cl)cc1Cl. The van der Waals surface area contributed by atoms with Crippen molar-refractivity contribution in [1.82, 2.24) is 4.90 Å². The van der Waals surface area contributed by atoms with Crippen LogP contribution in [0.2, 0.25) is 10.0 Å². The molecule has 0 amide bonds. The molecule has 0 aromatic heterocycles. The van der Waals surface area contributed by atoms with Gasteiger partial charge in [-0.2, -0.15) is 5.26 Å². The van der Waals surface area contributed by atoms with E-state index in [4.69, 9.17) is 28.5 Å². The fourth-order valence-corrected chi connectivity index (χ4v) is 1.71. The molecule has 0 aliphatic rings. The van der Waals surface area contributed by atoms with Crippen molar-refractivity contribution < 1.29 is 4.79 Å². The van der Waals surface area contributed by atoms with Crippen LogP contribution in [0.15, 0.2) is 30.0 Å². The molecule has 0 spiro atoms. The summed E-state index contributed by atoms with van der Waals surface area (Å²) in [6.45, 7) is 0. The van der Waals surface area contributed by atoms with Crippen molar-refractivity contribution >= 4 is 29.0 Å². The molecule has 1 rings (SSSR count). The van der Waals surface area contributed by atoms with Crippen molar-refractivity contribution in [2.75, 3.05) is 14.1 Å². The summed E-state index contributed by atoms with van der Waals surface area (Å²) < 4.78 is 0. The minimum atomic E-state index is -0.414. The topological polar surface area (TPSA) is 44.1 Å². The predicted octanol–water partition coefficient (Wildman–Crippen LogP) is 3.15. The molecule has 3 nitrogen and oxygen atoms in total. The number of nitriles is 1. The molecule has 0 atom stereocenters. The Morgan fingerprint density at radius 1 is 1.41 bits per heavy atom. The van der Waals surface area contributed by atoms with Gasteiger partial charge < -0.3 is 4.90 Å². The van der Waals surface area contributed by atoms with Crippen molar-refractivity contribution in [2.45, 2.75) is 0 Å². The van der Waals surface area contributed by atoms with E-state index in [-0.39, 0.29) is 16.2 Å². The van der Waals surface area contributed by atoms with Gasteiger partial charge in [0.15, 0.2) is 0 Å². The number of hydrogen-bond donors (Lipinski definition) is 0. The molecular weight excluding hydrogens is 259 g/mol. The highest BCUT2D eigenvalue weighted by atomic mass is 35.5. The first kappa shape index (κ1) is 13.6. The van der Waals surface area contributed by atoms with Crippen LogP contribution in [0.1, 0.15) is 10.4 Å². The van der Waals surface area contributed by atoms with Crippen LogP contribution in [-0.2, 0) is 0 Å². The van der Waals surface area contributed by atoms with Gasteiger partial charge in [0.25, 0.3) is 0 Å². The Morgan fingerprint density at radius 2 is 2.06 bits per heavy atom. The van der Waals surface area contributed by atoms with Crippen LogP contribution < -0.4 is 0 Å². The quantitative estimate of drug-likeness (QED) is 0.481. The van der Waals surface area contributed by atoms with Gasteiger partial charge in [-0.25, -0.2) is 0 Å². The molecule has 5 heteroatoms. The predicted molar refractivity (Wildman–Crippen MR) is 68.2 cm³/mol. The van der Waals surface area contributed by atoms with Crippen LogP contribution in [0.5, 0.6) is 0 Å². The molecule has 0 saturated carbocycles. The highest BCUT2D eigenvalue weighted by molar-refractivity contribution is 6.37. The molecule has 1 aromatic rings. The fourth-order valence-electron chi connectivity index (χ4n) is 1.22. The number of carbonyl (C=O) groups is 1. The second kappa shape index (κ2) is 5.72. The van der Waals surface area contributed by atoms with Crippen molar-refractivity contribution in [3.05, 3.63) is 45.6 Å². The van der Waals surface area contributed by atoms with Crippen molar-refractivity contribution in [3.63, 3.8) is 0 Å². The number of nitrogens with zero attached hydrogens (tertiary/aromatic N) is 2. The Morgan fingerprint density at radius 3 is 2.53 bits per heavy atom. The summed E-state index contributed by atoms with van der Waals surface area (Å²) in [5.74, 6) is -0.414. The monoisotopic (exact) mass is 268 g/mol. The van der Waals surface area contributed by atoms with E-state index >= 15 is 0 Å². The molecule has 0 aliphatic heterocycles. The van der Waals surface area contributed by atoms with E-state index < -0.39 is 5.78 Å². The van der Waals surface area contributed by atoms with E-state index in [1.807, 2.05) is 6.07 Å². The standard InChI is InChI=1S/C12H10Cl2N2O/c1-16(2)7-8(6-15)12(17)10-4-3-9(13)5-11(10)14/h3-5,7H,1-2H3. The Labute approximate surface area is 110 Å². The summed E-state index contributed by atoms with van der Waals surface area (Å²) in [5, 5.41) is 9.60. The number of rotatable bonds is 3. The van der Waals surface area contributed by atoms with Crippen molar-refractivity contribution in [2.24, 2.45) is 0 Å². The van der Waals surface area contributed by atoms with Gasteiger partial charge in [0.2, 0.25) is 5.78 Å². The van der Waals surface area contributed by atoms with Crippen LogP contribution in [0.25, 0.3) is 0 Å². The van der Waals surface area contributed by atoms with E-state index in [0.29, 0.717) is 5.02 Å². The lowest BCUT2D eigenvalue weighted by Gasteiger charge is -2.07. The zero-order valence-corrected chi connectivity index (χ0v) is 10.9. The second-order valence-electron chi connectivity index (χ2n) is 3.57. The largest absolute Gasteiger partial charge is 0.382 e. The lowest BCUT2D eigenvalue weighted by molar-refractivity contribution is 0.103. The number of ketones is 1. The third-order valence-electron chi connectivity index (χ3n) is 1.93.